The average Bonchev–Trinajstić information content (AvgIpc) is 3.38. The normalized spacial score (nSPS) is 13.9. The molecule has 4 nitrogen and oxygen atoms in total. The molecule has 1 aromatic heterocycles. The van der Waals surface area contributed by atoms with Gasteiger partial charge < -0.3 is 9.30 Å². The lowest BCUT2D eigenvalue weighted by Gasteiger charge is -2.11. The van der Waals surface area contributed by atoms with Crippen LogP contribution in [0.1, 0.15) is 30.3 Å². The fourth-order valence-corrected chi connectivity index (χ4v) is 3.72. The Hall–Kier alpha value is -2.27. The lowest BCUT2D eigenvalue weighted by atomic mass is 10.2. The monoisotopic (exact) mass is 337 g/mol. The van der Waals surface area contributed by atoms with Crippen molar-refractivity contribution in [3.8, 4) is 11.5 Å². The highest BCUT2D eigenvalue weighted by Gasteiger charge is 2.28. The number of thioether (sulfide) groups is 1. The first kappa shape index (κ1) is 15.3. The topological polar surface area (TPSA) is 39.9 Å². The van der Waals surface area contributed by atoms with Crippen molar-refractivity contribution in [2.45, 2.75) is 36.7 Å². The number of aryl methyl sites for hydroxylation is 1. The minimum atomic E-state index is 0.596. The van der Waals surface area contributed by atoms with Gasteiger partial charge in [0.2, 0.25) is 0 Å². The van der Waals surface area contributed by atoms with Crippen molar-refractivity contribution in [1.29, 1.82) is 0 Å². The molecule has 0 N–H and O–H groups in total. The third-order valence-corrected chi connectivity index (χ3v) is 5.04. The number of para-hydroxylation sites is 2. The van der Waals surface area contributed by atoms with Crippen LogP contribution in [0, 0.1) is 6.92 Å². The molecule has 0 spiro atoms. The standard InChI is InChI=1S/C19H19N3OS/c1-14-20-21-19(22(14)16-11-12-16)24-13-15-7-5-6-10-18(15)23-17-8-3-2-4-9-17/h2-10,16H,11-13H2,1H3. The molecule has 0 aliphatic heterocycles. The third-order valence-electron chi connectivity index (χ3n) is 4.05. The van der Waals surface area contributed by atoms with Crippen molar-refractivity contribution in [3.05, 3.63) is 66.0 Å². The van der Waals surface area contributed by atoms with Gasteiger partial charge in [0.1, 0.15) is 17.3 Å². The maximum absolute atomic E-state index is 6.04. The molecule has 0 unspecified atom stereocenters. The molecule has 1 saturated carbocycles. The van der Waals surface area contributed by atoms with Gasteiger partial charge in [-0.25, -0.2) is 0 Å². The van der Waals surface area contributed by atoms with Crippen LogP contribution in [0.15, 0.2) is 59.8 Å². The first-order valence-corrected chi connectivity index (χ1v) is 9.15. The van der Waals surface area contributed by atoms with Crippen molar-refractivity contribution in [2.24, 2.45) is 0 Å². The van der Waals surface area contributed by atoms with Crippen LogP contribution in [-0.4, -0.2) is 14.8 Å². The molecule has 2 aromatic carbocycles. The molecule has 1 heterocycles. The van der Waals surface area contributed by atoms with E-state index in [9.17, 15) is 0 Å². The van der Waals surface area contributed by atoms with Crippen LogP contribution in [0.3, 0.4) is 0 Å². The maximum Gasteiger partial charge on any atom is 0.191 e. The van der Waals surface area contributed by atoms with Crippen LogP contribution in [0.4, 0.5) is 0 Å². The summed E-state index contributed by atoms with van der Waals surface area (Å²) < 4.78 is 8.31. The summed E-state index contributed by atoms with van der Waals surface area (Å²) in [6.07, 6.45) is 2.47. The molecule has 0 radical (unpaired) electrons. The van der Waals surface area contributed by atoms with Crippen LogP contribution >= 0.6 is 11.8 Å². The Morgan fingerprint density at radius 1 is 1.04 bits per heavy atom. The van der Waals surface area contributed by atoms with Gasteiger partial charge in [-0.05, 0) is 38.0 Å². The Morgan fingerprint density at radius 3 is 2.58 bits per heavy atom. The van der Waals surface area contributed by atoms with Crippen LogP contribution in [0.25, 0.3) is 0 Å². The number of nitrogens with zero attached hydrogens (tertiary/aromatic N) is 3. The van der Waals surface area contributed by atoms with Gasteiger partial charge in [-0.1, -0.05) is 48.2 Å². The summed E-state index contributed by atoms with van der Waals surface area (Å²) >= 11 is 1.72. The molecule has 5 heteroatoms. The first-order valence-electron chi connectivity index (χ1n) is 8.16. The van der Waals surface area contributed by atoms with Crippen LogP contribution in [0.5, 0.6) is 11.5 Å². The predicted octanol–water partition coefficient (Wildman–Crippen LogP) is 5.01. The van der Waals surface area contributed by atoms with E-state index >= 15 is 0 Å². The highest BCUT2D eigenvalue weighted by molar-refractivity contribution is 7.98. The highest BCUT2D eigenvalue weighted by Crippen LogP contribution is 2.39. The molecule has 0 bridgehead atoms. The molecule has 3 aromatic rings. The van der Waals surface area contributed by atoms with Crippen LogP contribution in [0.2, 0.25) is 0 Å². The minimum Gasteiger partial charge on any atom is -0.457 e. The van der Waals surface area contributed by atoms with Gasteiger partial charge >= 0.3 is 0 Å². The summed E-state index contributed by atoms with van der Waals surface area (Å²) in [6.45, 7) is 2.03. The van der Waals surface area contributed by atoms with Gasteiger partial charge in [0.15, 0.2) is 5.16 Å². The van der Waals surface area contributed by atoms with E-state index in [1.807, 2.05) is 55.5 Å². The number of ether oxygens (including phenoxy) is 1. The van der Waals surface area contributed by atoms with Crippen molar-refractivity contribution >= 4 is 11.8 Å². The molecule has 0 amide bonds. The van der Waals surface area contributed by atoms with Crippen molar-refractivity contribution in [1.82, 2.24) is 14.8 Å². The molecular weight excluding hydrogens is 318 g/mol. The number of aromatic nitrogens is 3. The van der Waals surface area contributed by atoms with E-state index in [1.54, 1.807) is 11.8 Å². The Labute approximate surface area is 145 Å². The molecule has 1 fully saturated rings. The number of hydrogen-bond donors (Lipinski definition) is 0. The maximum atomic E-state index is 6.04. The lowest BCUT2D eigenvalue weighted by Crippen LogP contribution is -1.99. The zero-order valence-corrected chi connectivity index (χ0v) is 14.4. The van der Waals surface area contributed by atoms with Crippen molar-refractivity contribution in [3.63, 3.8) is 0 Å². The Balaban J connectivity index is 1.51. The van der Waals surface area contributed by atoms with Gasteiger partial charge in [-0.3, -0.25) is 0 Å². The van der Waals surface area contributed by atoms with E-state index in [-0.39, 0.29) is 0 Å². The molecule has 0 saturated heterocycles. The van der Waals surface area contributed by atoms with Gasteiger partial charge in [-0.2, -0.15) is 0 Å². The summed E-state index contributed by atoms with van der Waals surface area (Å²) in [4.78, 5) is 0. The average molecular weight is 337 g/mol. The number of hydrogen-bond acceptors (Lipinski definition) is 4. The quantitative estimate of drug-likeness (QED) is 0.593. The van der Waals surface area contributed by atoms with Gasteiger partial charge in [-0.15, -0.1) is 10.2 Å². The summed E-state index contributed by atoms with van der Waals surface area (Å²) in [6, 6.07) is 18.7. The number of rotatable bonds is 6. The minimum absolute atomic E-state index is 0.596. The van der Waals surface area contributed by atoms with Crippen molar-refractivity contribution in [2.75, 3.05) is 0 Å². The van der Waals surface area contributed by atoms with E-state index in [1.165, 1.54) is 12.8 Å². The Kier molecular flexibility index (Phi) is 4.26. The van der Waals surface area contributed by atoms with Crippen LogP contribution < -0.4 is 4.74 Å². The predicted molar refractivity (Wildman–Crippen MR) is 95.5 cm³/mol. The van der Waals surface area contributed by atoms with E-state index in [2.05, 4.69) is 20.8 Å². The second kappa shape index (κ2) is 6.69. The molecule has 4 rings (SSSR count). The Morgan fingerprint density at radius 2 is 1.79 bits per heavy atom. The van der Waals surface area contributed by atoms with E-state index in [0.717, 1.165) is 33.8 Å². The molecule has 24 heavy (non-hydrogen) atoms. The number of benzene rings is 2. The van der Waals surface area contributed by atoms with E-state index in [0.29, 0.717) is 6.04 Å². The summed E-state index contributed by atoms with van der Waals surface area (Å²) in [5.41, 5.74) is 1.16. The fourth-order valence-electron chi connectivity index (χ4n) is 2.68. The van der Waals surface area contributed by atoms with Gasteiger partial charge in [0, 0.05) is 17.4 Å². The summed E-state index contributed by atoms with van der Waals surface area (Å²) in [5, 5.41) is 9.59. The smallest absolute Gasteiger partial charge is 0.191 e. The molecule has 1 aliphatic rings. The van der Waals surface area contributed by atoms with E-state index in [4.69, 9.17) is 4.74 Å². The second-order valence-corrected chi connectivity index (χ2v) is 6.88. The molecule has 1 aliphatic carbocycles. The highest BCUT2D eigenvalue weighted by atomic mass is 32.2. The van der Waals surface area contributed by atoms with Gasteiger partial charge in [0.05, 0.1) is 0 Å². The van der Waals surface area contributed by atoms with Crippen molar-refractivity contribution < 1.29 is 4.74 Å². The fraction of sp³-hybridized carbons (Fsp3) is 0.263. The zero-order chi connectivity index (χ0) is 16.4. The Bertz CT molecular complexity index is 828. The largest absolute Gasteiger partial charge is 0.457 e. The molecule has 0 atom stereocenters. The second-order valence-electron chi connectivity index (χ2n) is 5.94. The van der Waals surface area contributed by atoms with Crippen LogP contribution in [-0.2, 0) is 5.75 Å². The SMILES string of the molecule is Cc1nnc(SCc2ccccc2Oc2ccccc2)n1C1CC1. The molecule has 122 valence electrons. The summed E-state index contributed by atoms with van der Waals surface area (Å²) in [5.74, 6) is 3.57. The lowest BCUT2D eigenvalue weighted by molar-refractivity contribution is 0.478. The van der Waals surface area contributed by atoms with Gasteiger partial charge in [0.25, 0.3) is 0 Å². The zero-order valence-electron chi connectivity index (χ0n) is 13.6. The van der Waals surface area contributed by atoms with E-state index < -0.39 is 0 Å². The molecular formula is C19H19N3OS. The third kappa shape index (κ3) is 3.31. The first-order chi connectivity index (χ1) is 11.8. The summed E-state index contributed by atoms with van der Waals surface area (Å²) in [7, 11) is 0.